The summed E-state index contributed by atoms with van der Waals surface area (Å²) in [5.74, 6) is 1.84. The summed E-state index contributed by atoms with van der Waals surface area (Å²) in [6.45, 7) is 0.437. The smallest absolute Gasteiger partial charge is 0.378 e. The number of carbonyl (C=O) groups excluding carboxylic acids is 1. The number of nitrogens with one attached hydrogen (secondary N) is 2. The Bertz CT molecular complexity index is 724. The highest BCUT2D eigenvalue weighted by Gasteiger charge is 2.40. The second-order valence-corrected chi connectivity index (χ2v) is 7.40. The Hall–Kier alpha value is -2.32. The van der Waals surface area contributed by atoms with Gasteiger partial charge in [-0.2, -0.15) is 13.2 Å². The summed E-state index contributed by atoms with van der Waals surface area (Å²) < 4.78 is 38.1. The number of anilines is 1. The molecule has 148 valence electrons. The van der Waals surface area contributed by atoms with E-state index in [9.17, 15) is 28.1 Å². The van der Waals surface area contributed by atoms with Gasteiger partial charge in [0.25, 0.3) is 5.69 Å². The number of amides is 1. The molecule has 1 amide bonds. The van der Waals surface area contributed by atoms with Gasteiger partial charge in [0.05, 0.1) is 10.5 Å². The maximum Gasteiger partial charge on any atom is 0.416 e. The van der Waals surface area contributed by atoms with Crippen molar-refractivity contribution in [2.75, 3.05) is 18.4 Å². The fourth-order valence-electron chi connectivity index (χ4n) is 4.34. The van der Waals surface area contributed by atoms with E-state index in [4.69, 9.17) is 0 Å². The minimum absolute atomic E-state index is 0.00430. The monoisotopic (exact) mass is 385 g/mol. The predicted molar refractivity (Wildman–Crippen MR) is 93.2 cm³/mol. The normalized spacial score (nSPS) is 24.0. The number of hydrogen-bond donors (Lipinski definition) is 2. The Morgan fingerprint density at radius 3 is 2.59 bits per heavy atom. The Kier molecular flexibility index (Phi) is 5.57. The molecule has 2 N–H and O–H groups in total. The van der Waals surface area contributed by atoms with E-state index >= 15 is 0 Å². The third-order valence-corrected chi connectivity index (χ3v) is 5.62. The molecule has 2 saturated carbocycles. The summed E-state index contributed by atoms with van der Waals surface area (Å²) in [6, 6.07) is 2.34. The van der Waals surface area contributed by atoms with Crippen molar-refractivity contribution >= 4 is 17.3 Å². The van der Waals surface area contributed by atoms with Crippen molar-refractivity contribution in [3.8, 4) is 0 Å². The zero-order valence-corrected chi connectivity index (χ0v) is 14.7. The molecule has 0 radical (unpaired) electrons. The highest BCUT2D eigenvalue weighted by Crippen LogP contribution is 2.49. The first-order valence-corrected chi connectivity index (χ1v) is 9.10. The molecule has 3 atom stereocenters. The summed E-state index contributed by atoms with van der Waals surface area (Å²) in [4.78, 5) is 22.2. The molecular formula is C18H22F3N3O3. The number of benzene rings is 1. The lowest BCUT2D eigenvalue weighted by Crippen LogP contribution is -2.31. The molecule has 0 heterocycles. The van der Waals surface area contributed by atoms with Crippen LogP contribution in [0.3, 0.4) is 0 Å². The molecule has 2 bridgehead atoms. The molecule has 3 rings (SSSR count). The average Bonchev–Trinajstić information content (AvgIpc) is 3.20. The Labute approximate surface area is 154 Å². The number of nitro groups is 1. The van der Waals surface area contributed by atoms with Crippen LogP contribution < -0.4 is 10.6 Å². The van der Waals surface area contributed by atoms with Crippen molar-refractivity contribution in [3.05, 3.63) is 33.9 Å². The maximum atomic E-state index is 12.7. The third-order valence-electron chi connectivity index (χ3n) is 5.62. The lowest BCUT2D eigenvalue weighted by molar-refractivity contribution is -0.384. The molecule has 2 fully saturated rings. The molecular weight excluding hydrogens is 363 g/mol. The molecule has 2 aliphatic rings. The summed E-state index contributed by atoms with van der Waals surface area (Å²) in [7, 11) is 0. The van der Waals surface area contributed by atoms with Gasteiger partial charge in [-0.3, -0.25) is 14.9 Å². The highest BCUT2D eigenvalue weighted by atomic mass is 19.4. The molecule has 6 nitrogen and oxygen atoms in total. The van der Waals surface area contributed by atoms with Gasteiger partial charge in [-0.15, -0.1) is 0 Å². The second-order valence-electron chi connectivity index (χ2n) is 7.40. The van der Waals surface area contributed by atoms with E-state index in [-0.39, 0.29) is 24.7 Å². The zero-order valence-electron chi connectivity index (χ0n) is 14.7. The van der Waals surface area contributed by atoms with Crippen LogP contribution in [-0.2, 0) is 11.0 Å². The number of halogens is 3. The average molecular weight is 385 g/mol. The molecule has 9 heteroatoms. The molecule has 1 aromatic carbocycles. The number of nitro benzene ring substituents is 1. The van der Waals surface area contributed by atoms with Gasteiger partial charge in [0.15, 0.2) is 0 Å². The van der Waals surface area contributed by atoms with Gasteiger partial charge in [0.1, 0.15) is 5.69 Å². The highest BCUT2D eigenvalue weighted by molar-refractivity contribution is 5.76. The van der Waals surface area contributed by atoms with Crippen molar-refractivity contribution < 1.29 is 22.9 Å². The van der Waals surface area contributed by atoms with Crippen LogP contribution in [0.15, 0.2) is 18.2 Å². The van der Waals surface area contributed by atoms with Gasteiger partial charge < -0.3 is 10.6 Å². The van der Waals surface area contributed by atoms with E-state index in [1.54, 1.807) is 0 Å². The van der Waals surface area contributed by atoms with E-state index in [2.05, 4.69) is 10.6 Å². The van der Waals surface area contributed by atoms with Crippen LogP contribution in [0, 0.1) is 27.9 Å². The quantitative estimate of drug-likeness (QED) is 0.423. The number of hydrogen-bond acceptors (Lipinski definition) is 4. The summed E-state index contributed by atoms with van der Waals surface area (Å²) in [5.41, 5.74) is -1.72. The minimum Gasteiger partial charge on any atom is -0.378 e. The zero-order chi connectivity index (χ0) is 19.6. The van der Waals surface area contributed by atoms with E-state index in [0.29, 0.717) is 24.3 Å². The number of nitrogens with zero attached hydrogens (tertiary/aromatic N) is 1. The molecule has 27 heavy (non-hydrogen) atoms. The van der Waals surface area contributed by atoms with Crippen LogP contribution >= 0.6 is 0 Å². The summed E-state index contributed by atoms with van der Waals surface area (Å²) >= 11 is 0. The van der Waals surface area contributed by atoms with Gasteiger partial charge >= 0.3 is 6.18 Å². The molecule has 1 aromatic rings. The van der Waals surface area contributed by atoms with Crippen LogP contribution in [0.2, 0.25) is 0 Å². The largest absolute Gasteiger partial charge is 0.416 e. The van der Waals surface area contributed by atoms with Crippen molar-refractivity contribution in [2.24, 2.45) is 17.8 Å². The van der Waals surface area contributed by atoms with Gasteiger partial charge in [-0.05, 0) is 49.1 Å². The Morgan fingerprint density at radius 2 is 2.00 bits per heavy atom. The van der Waals surface area contributed by atoms with Crippen LogP contribution in [0.4, 0.5) is 24.5 Å². The number of fused-ring (bicyclic) bond motifs is 2. The molecule has 0 unspecified atom stereocenters. The van der Waals surface area contributed by atoms with E-state index in [0.717, 1.165) is 24.5 Å². The summed E-state index contributed by atoms with van der Waals surface area (Å²) in [5, 5.41) is 16.5. The molecule has 0 spiro atoms. The maximum absolute atomic E-state index is 12.7. The Balaban J connectivity index is 1.47. The topological polar surface area (TPSA) is 84.3 Å². The van der Waals surface area contributed by atoms with Crippen molar-refractivity contribution in [3.63, 3.8) is 0 Å². The van der Waals surface area contributed by atoms with Crippen LogP contribution in [0.25, 0.3) is 0 Å². The SMILES string of the molecule is O=C(C[C@@H]1C[C@@H]2CC[C@@H]1C2)NCCNc1ccc(C(F)(F)F)cc1[N+](=O)[O-]. The number of rotatable bonds is 7. The lowest BCUT2D eigenvalue weighted by atomic mass is 9.86. The van der Waals surface area contributed by atoms with Crippen LogP contribution in [0.1, 0.15) is 37.7 Å². The number of alkyl halides is 3. The van der Waals surface area contributed by atoms with Gasteiger partial charge in [0.2, 0.25) is 5.91 Å². The molecule has 0 saturated heterocycles. The van der Waals surface area contributed by atoms with E-state index < -0.39 is 22.4 Å². The Morgan fingerprint density at radius 1 is 1.22 bits per heavy atom. The van der Waals surface area contributed by atoms with E-state index in [1.165, 1.54) is 19.3 Å². The van der Waals surface area contributed by atoms with Crippen molar-refractivity contribution in [1.82, 2.24) is 5.32 Å². The van der Waals surface area contributed by atoms with Crippen molar-refractivity contribution in [1.29, 1.82) is 0 Å². The second kappa shape index (κ2) is 7.74. The fraction of sp³-hybridized carbons (Fsp3) is 0.611. The van der Waals surface area contributed by atoms with Crippen molar-refractivity contribution in [2.45, 2.75) is 38.3 Å². The van der Waals surface area contributed by atoms with Gasteiger partial charge in [-0.1, -0.05) is 6.42 Å². The first kappa shape index (κ1) is 19.4. The standard InChI is InChI=1S/C18H22F3N3O3/c19-18(20,21)14-3-4-15(16(10-14)24(26)27)22-5-6-23-17(25)9-13-8-11-1-2-12(13)7-11/h3-4,10-13,22H,1-2,5-9H2,(H,23,25)/t11-,12-,13+/m1/s1. The predicted octanol–water partition coefficient (Wildman–Crippen LogP) is 3.97. The summed E-state index contributed by atoms with van der Waals surface area (Å²) in [6.07, 6.45) is 0.699. The lowest BCUT2D eigenvalue weighted by Gasteiger charge is -2.20. The molecule has 0 aromatic heterocycles. The third kappa shape index (κ3) is 4.70. The molecule has 2 aliphatic carbocycles. The van der Waals surface area contributed by atoms with Crippen LogP contribution in [-0.4, -0.2) is 23.9 Å². The van der Waals surface area contributed by atoms with Gasteiger partial charge in [0, 0.05) is 25.6 Å². The number of carbonyl (C=O) groups is 1. The van der Waals surface area contributed by atoms with Gasteiger partial charge in [-0.25, -0.2) is 0 Å². The van der Waals surface area contributed by atoms with Crippen LogP contribution in [0.5, 0.6) is 0 Å². The van der Waals surface area contributed by atoms with E-state index in [1.807, 2.05) is 0 Å². The molecule has 0 aliphatic heterocycles. The first-order chi connectivity index (χ1) is 12.7. The minimum atomic E-state index is -4.64. The fourth-order valence-corrected chi connectivity index (χ4v) is 4.34. The first-order valence-electron chi connectivity index (χ1n) is 9.10.